The van der Waals surface area contributed by atoms with Crippen molar-refractivity contribution in [3.05, 3.63) is 11.6 Å². The first-order valence-electron chi connectivity index (χ1n) is 4.95. The molecule has 0 radical (unpaired) electrons. The van der Waals surface area contributed by atoms with Gasteiger partial charge >= 0.3 is 0 Å². The van der Waals surface area contributed by atoms with Crippen LogP contribution in [-0.4, -0.2) is 12.8 Å². The predicted molar refractivity (Wildman–Crippen MR) is 56.9 cm³/mol. The van der Waals surface area contributed by atoms with Crippen LogP contribution in [0.5, 0.6) is 0 Å². The SMILES string of the molecule is CCN=CC=C(CC)C(C)CC. The fourth-order valence-electron chi connectivity index (χ4n) is 1.15. The first-order chi connectivity index (χ1) is 5.76. The Bertz CT molecular complexity index is 156. The lowest BCUT2D eigenvalue weighted by Crippen LogP contribution is -1.96. The lowest BCUT2D eigenvalue weighted by atomic mass is 9.96. The lowest BCUT2D eigenvalue weighted by Gasteiger charge is -2.10. The summed E-state index contributed by atoms with van der Waals surface area (Å²) in [6.07, 6.45) is 6.47. The number of aliphatic imine (C=N–C) groups is 1. The van der Waals surface area contributed by atoms with Gasteiger partial charge in [0.05, 0.1) is 0 Å². The molecule has 0 saturated carbocycles. The van der Waals surface area contributed by atoms with Crippen molar-refractivity contribution in [2.24, 2.45) is 10.9 Å². The van der Waals surface area contributed by atoms with Crippen LogP contribution in [0.3, 0.4) is 0 Å². The van der Waals surface area contributed by atoms with Crippen molar-refractivity contribution in [2.45, 2.75) is 40.5 Å². The molecule has 0 aromatic rings. The summed E-state index contributed by atoms with van der Waals surface area (Å²) in [5.74, 6) is 0.707. The monoisotopic (exact) mass is 167 g/mol. The predicted octanol–water partition coefficient (Wildman–Crippen LogP) is 3.46. The molecule has 0 aliphatic heterocycles. The largest absolute Gasteiger partial charge is 0.293 e. The molecule has 1 nitrogen and oxygen atoms in total. The molecule has 0 amide bonds. The molecule has 0 aliphatic rings. The molecule has 70 valence electrons. The number of nitrogens with zero attached hydrogens (tertiary/aromatic N) is 1. The average Bonchev–Trinajstić information content (AvgIpc) is 2.11. The second-order valence-electron chi connectivity index (χ2n) is 3.05. The lowest BCUT2D eigenvalue weighted by molar-refractivity contribution is 0.634. The van der Waals surface area contributed by atoms with Gasteiger partial charge in [0.25, 0.3) is 0 Å². The van der Waals surface area contributed by atoms with Gasteiger partial charge in [-0.2, -0.15) is 0 Å². The van der Waals surface area contributed by atoms with Crippen LogP contribution >= 0.6 is 0 Å². The molecule has 0 aromatic heterocycles. The van der Waals surface area contributed by atoms with Gasteiger partial charge in [0.2, 0.25) is 0 Å². The van der Waals surface area contributed by atoms with Crippen LogP contribution in [-0.2, 0) is 0 Å². The zero-order chi connectivity index (χ0) is 9.40. The van der Waals surface area contributed by atoms with Crippen LogP contribution in [0.2, 0.25) is 0 Å². The van der Waals surface area contributed by atoms with Gasteiger partial charge in [-0.15, -0.1) is 0 Å². The van der Waals surface area contributed by atoms with Crippen molar-refractivity contribution in [3.63, 3.8) is 0 Å². The molecule has 0 rings (SSSR count). The van der Waals surface area contributed by atoms with Crippen LogP contribution in [0.1, 0.15) is 40.5 Å². The van der Waals surface area contributed by atoms with E-state index in [2.05, 4.69) is 38.8 Å². The molecule has 1 unspecified atom stereocenters. The minimum absolute atomic E-state index is 0.707. The van der Waals surface area contributed by atoms with Crippen LogP contribution < -0.4 is 0 Å². The molecule has 0 saturated heterocycles. The highest BCUT2D eigenvalue weighted by Crippen LogP contribution is 2.16. The molecule has 1 atom stereocenters. The summed E-state index contributed by atoms with van der Waals surface area (Å²) >= 11 is 0. The highest BCUT2D eigenvalue weighted by Gasteiger charge is 2.01. The molecular weight excluding hydrogens is 146 g/mol. The summed E-state index contributed by atoms with van der Waals surface area (Å²) in [6.45, 7) is 9.64. The fraction of sp³-hybridized carbons (Fsp3) is 0.727. The topological polar surface area (TPSA) is 12.4 Å². The van der Waals surface area contributed by atoms with Gasteiger partial charge in [0.1, 0.15) is 0 Å². The molecule has 0 spiro atoms. The minimum atomic E-state index is 0.707. The highest BCUT2D eigenvalue weighted by atomic mass is 14.7. The van der Waals surface area contributed by atoms with E-state index in [1.54, 1.807) is 0 Å². The van der Waals surface area contributed by atoms with Gasteiger partial charge in [-0.3, -0.25) is 4.99 Å². The Morgan fingerprint density at radius 3 is 2.42 bits per heavy atom. The maximum atomic E-state index is 4.17. The average molecular weight is 167 g/mol. The van der Waals surface area contributed by atoms with Crippen LogP contribution in [0.15, 0.2) is 16.6 Å². The molecule has 0 aromatic carbocycles. The summed E-state index contributed by atoms with van der Waals surface area (Å²) in [5.41, 5.74) is 1.51. The van der Waals surface area contributed by atoms with Crippen molar-refractivity contribution in [3.8, 4) is 0 Å². The van der Waals surface area contributed by atoms with Crippen molar-refractivity contribution in [1.82, 2.24) is 0 Å². The maximum Gasteiger partial charge on any atom is 0.0360 e. The van der Waals surface area contributed by atoms with Gasteiger partial charge in [-0.1, -0.05) is 26.3 Å². The van der Waals surface area contributed by atoms with Crippen LogP contribution in [0.25, 0.3) is 0 Å². The Morgan fingerprint density at radius 1 is 1.33 bits per heavy atom. The number of rotatable bonds is 5. The normalized spacial score (nSPS) is 15.5. The van der Waals surface area contributed by atoms with Gasteiger partial charge in [0.15, 0.2) is 0 Å². The van der Waals surface area contributed by atoms with E-state index in [9.17, 15) is 0 Å². The summed E-state index contributed by atoms with van der Waals surface area (Å²) in [5, 5.41) is 0. The summed E-state index contributed by atoms with van der Waals surface area (Å²) < 4.78 is 0. The molecule has 1 heteroatoms. The van der Waals surface area contributed by atoms with E-state index in [1.165, 1.54) is 12.0 Å². The van der Waals surface area contributed by atoms with E-state index < -0.39 is 0 Å². The molecule has 0 aliphatic carbocycles. The molecule has 0 fully saturated rings. The molecule has 0 heterocycles. The van der Waals surface area contributed by atoms with Gasteiger partial charge in [0, 0.05) is 12.8 Å². The maximum absolute atomic E-state index is 4.17. The second kappa shape index (κ2) is 7.08. The standard InChI is InChI=1S/C11H21N/c1-5-10(4)11(6-2)8-9-12-7-3/h8-10H,5-7H2,1-4H3. The van der Waals surface area contributed by atoms with Gasteiger partial charge in [-0.25, -0.2) is 0 Å². The van der Waals surface area contributed by atoms with E-state index in [4.69, 9.17) is 0 Å². The Kier molecular flexibility index (Phi) is 6.73. The molecule has 12 heavy (non-hydrogen) atoms. The molecular formula is C11H21N. The number of allylic oxidation sites excluding steroid dienone is 2. The Hall–Kier alpha value is -0.590. The summed E-state index contributed by atoms with van der Waals surface area (Å²) in [4.78, 5) is 4.17. The van der Waals surface area contributed by atoms with E-state index in [0.717, 1.165) is 13.0 Å². The smallest absolute Gasteiger partial charge is 0.0360 e. The Labute approximate surface area is 76.6 Å². The van der Waals surface area contributed by atoms with Crippen LogP contribution in [0, 0.1) is 5.92 Å². The van der Waals surface area contributed by atoms with Crippen molar-refractivity contribution < 1.29 is 0 Å². The first kappa shape index (κ1) is 11.4. The van der Waals surface area contributed by atoms with Gasteiger partial charge < -0.3 is 0 Å². The van der Waals surface area contributed by atoms with E-state index in [0.29, 0.717) is 5.92 Å². The van der Waals surface area contributed by atoms with E-state index in [-0.39, 0.29) is 0 Å². The van der Waals surface area contributed by atoms with Crippen molar-refractivity contribution >= 4 is 6.21 Å². The van der Waals surface area contributed by atoms with E-state index >= 15 is 0 Å². The third-order valence-electron chi connectivity index (χ3n) is 2.23. The van der Waals surface area contributed by atoms with Gasteiger partial charge in [-0.05, 0) is 31.8 Å². The minimum Gasteiger partial charge on any atom is -0.293 e. The Balaban J connectivity index is 4.12. The summed E-state index contributed by atoms with van der Waals surface area (Å²) in [7, 11) is 0. The van der Waals surface area contributed by atoms with Crippen LogP contribution in [0.4, 0.5) is 0 Å². The van der Waals surface area contributed by atoms with Crippen molar-refractivity contribution in [1.29, 1.82) is 0 Å². The third-order valence-corrected chi connectivity index (χ3v) is 2.23. The Morgan fingerprint density at radius 2 is 2.00 bits per heavy atom. The fourth-order valence-corrected chi connectivity index (χ4v) is 1.15. The zero-order valence-electron chi connectivity index (χ0n) is 8.80. The van der Waals surface area contributed by atoms with E-state index in [1.807, 2.05) is 6.21 Å². The first-order valence-corrected chi connectivity index (χ1v) is 4.95. The second-order valence-corrected chi connectivity index (χ2v) is 3.05. The molecule has 0 bridgehead atoms. The quantitative estimate of drug-likeness (QED) is 0.556. The van der Waals surface area contributed by atoms with Crippen molar-refractivity contribution in [2.75, 3.05) is 6.54 Å². The number of hydrogen-bond donors (Lipinski definition) is 0. The number of hydrogen-bond acceptors (Lipinski definition) is 1. The summed E-state index contributed by atoms with van der Waals surface area (Å²) in [6, 6.07) is 0. The third kappa shape index (κ3) is 4.32. The zero-order valence-corrected chi connectivity index (χ0v) is 8.80. The highest BCUT2D eigenvalue weighted by molar-refractivity contribution is 5.72. The molecule has 0 N–H and O–H groups in total.